The smallest absolute Gasteiger partial charge is 0.321 e. The molecule has 126 valence electrons. The average molecular weight is 321 g/mol. The molecule has 2 rings (SSSR count). The van der Waals surface area contributed by atoms with Gasteiger partial charge in [-0.25, -0.2) is 4.79 Å². The first-order chi connectivity index (χ1) is 11.1. The zero-order valence-corrected chi connectivity index (χ0v) is 13.8. The number of urea groups is 1. The van der Waals surface area contributed by atoms with Crippen molar-refractivity contribution in [3.63, 3.8) is 0 Å². The molecule has 1 aromatic carbocycles. The van der Waals surface area contributed by atoms with Crippen molar-refractivity contribution in [1.82, 2.24) is 4.90 Å². The van der Waals surface area contributed by atoms with Gasteiger partial charge in [0.15, 0.2) is 6.61 Å². The number of nitrogens with zero attached hydrogens (tertiary/aromatic N) is 2. The van der Waals surface area contributed by atoms with Gasteiger partial charge in [-0.1, -0.05) is 0 Å². The van der Waals surface area contributed by atoms with Crippen LogP contribution in [0.5, 0.6) is 5.75 Å². The zero-order valence-electron chi connectivity index (χ0n) is 13.8. The van der Waals surface area contributed by atoms with Gasteiger partial charge in [-0.05, 0) is 26.0 Å². The Morgan fingerprint density at radius 3 is 2.87 bits per heavy atom. The van der Waals surface area contributed by atoms with Crippen LogP contribution in [0.15, 0.2) is 18.2 Å². The molecule has 0 radical (unpaired) electrons. The van der Waals surface area contributed by atoms with E-state index in [4.69, 9.17) is 9.47 Å². The standard InChI is InChI=1S/C16H23N3O4/c1-4-18(8-9-22-3)16(21)17-12-6-7-13-14(10-12)23-11-15(20)19(13)5-2/h6-7,10H,4-5,8-9,11H2,1-3H3,(H,17,21). The molecule has 0 unspecified atom stereocenters. The van der Waals surface area contributed by atoms with E-state index in [-0.39, 0.29) is 18.5 Å². The fourth-order valence-corrected chi connectivity index (χ4v) is 2.44. The number of carbonyl (C=O) groups excluding carboxylic acids is 2. The fourth-order valence-electron chi connectivity index (χ4n) is 2.44. The van der Waals surface area contributed by atoms with Crippen LogP contribution >= 0.6 is 0 Å². The third-order valence-electron chi connectivity index (χ3n) is 3.70. The monoisotopic (exact) mass is 321 g/mol. The second-order valence-corrected chi connectivity index (χ2v) is 5.11. The number of likely N-dealkylation sites (N-methyl/N-ethyl adjacent to an activating group) is 2. The molecule has 0 aliphatic carbocycles. The molecular weight excluding hydrogens is 298 g/mol. The lowest BCUT2D eigenvalue weighted by Gasteiger charge is -2.29. The highest BCUT2D eigenvalue weighted by Gasteiger charge is 2.24. The van der Waals surface area contributed by atoms with Gasteiger partial charge in [-0.3, -0.25) is 4.79 Å². The summed E-state index contributed by atoms with van der Waals surface area (Å²) >= 11 is 0. The number of methoxy groups -OCH3 is 1. The van der Waals surface area contributed by atoms with Crippen molar-refractivity contribution < 1.29 is 19.1 Å². The van der Waals surface area contributed by atoms with E-state index in [2.05, 4.69) is 5.32 Å². The molecule has 1 aromatic rings. The summed E-state index contributed by atoms with van der Waals surface area (Å²) in [6, 6.07) is 5.11. The molecule has 23 heavy (non-hydrogen) atoms. The normalized spacial score (nSPS) is 13.3. The number of anilines is 2. The van der Waals surface area contributed by atoms with Crippen molar-refractivity contribution in [2.75, 3.05) is 50.2 Å². The van der Waals surface area contributed by atoms with Crippen LogP contribution in [0.1, 0.15) is 13.8 Å². The maximum atomic E-state index is 12.2. The Kier molecular flexibility index (Phi) is 5.81. The van der Waals surface area contributed by atoms with Crippen LogP contribution in [-0.4, -0.2) is 56.8 Å². The van der Waals surface area contributed by atoms with Crippen LogP contribution in [-0.2, 0) is 9.53 Å². The van der Waals surface area contributed by atoms with Crippen molar-refractivity contribution in [2.24, 2.45) is 0 Å². The fraction of sp³-hybridized carbons (Fsp3) is 0.500. The first-order valence-electron chi connectivity index (χ1n) is 7.72. The van der Waals surface area contributed by atoms with E-state index >= 15 is 0 Å². The molecule has 1 aliphatic rings. The minimum Gasteiger partial charge on any atom is -0.481 e. The van der Waals surface area contributed by atoms with Gasteiger partial charge in [0, 0.05) is 38.5 Å². The number of carbonyl (C=O) groups is 2. The highest BCUT2D eigenvalue weighted by atomic mass is 16.5. The van der Waals surface area contributed by atoms with Gasteiger partial charge in [0.25, 0.3) is 5.91 Å². The van der Waals surface area contributed by atoms with Crippen molar-refractivity contribution in [3.05, 3.63) is 18.2 Å². The van der Waals surface area contributed by atoms with Crippen LogP contribution in [0.3, 0.4) is 0 Å². The number of nitrogens with one attached hydrogen (secondary N) is 1. The highest BCUT2D eigenvalue weighted by molar-refractivity contribution is 5.98. The van der Waals surface area contributed by atoms with Gasteiger partial charge in [0.1, 0.15) is 5.75 Å². The van der Waals surface area contributed by atoms with Crippen LogP contribution in [0, 0.1) is 0 Å². The number of ether oxygens (including phenoxy) is 2. The molecule has 0 spiro atoms. The van der Waals surface area contributed by atoms with E-state index in [1.54, 1.807) is 35.1 Å². The lowest BCUT2D eigenvalue weighted by molar-refractivity contribution is -0.121. The summed E-state index contributed by atoms with van der Waals surface area (Å²) in [7, 11) is 1.60. The summed E-state index contributed by atoms with van der Waals surface area (Å²) in [5, 5.41) is 2.84. The third-order valence-corrected chi connectivity index (χ3v) is 3.70. The summed E-state index contributed by atoms with van der Waals surface area (Å²) in [5.74, 6) is 0.540. The molecule has 0 bridgehead atoms. The van der Waals surface area contributed by atoms with E-state index < -0.39 is 0 Å². The van der Waals surface area contributed by atoms with Crippen molar-refractivity contribution in [2.45, 2.75) is 13.8 Å². The second kappa shape index (κ2) is 7.82. The van der Waals surface area contributed by atoms with Crippen molar-refractivity contribution >= 4 is 23.3 Å². The summed E-state index contributed by atoms with van der Waals surface area (Å²) in [6.07, 6.45) is 0. The van der Waals surface area contributed by atoms with Crippen LogP contribution < -0.4 is 15.0 Å². The maximum absolute atomic E-state index is 12.2. The van der Waals surface area contributed by atoms with Gasteiger partial charge in [0.2, 0.25) is 0 Å². The number of benzene rings is 1. The molecule has 3 amide bonds. The molecule has 0 saturated heterocycles. The molecule has 0 aromatic heterocycles. The van der Waals surface area contributed by atoms with Crippen LogP contribution in [0.2, 0.25) is 0 Å². The number of hydrogen-bond acceptors (Lipinski definition) is 4. The SMILES string of the molecule is CCN(CCOC)C(=O)Nc1ccc2c(c1)OCC(=O)N2CC. The Bertz CT molecular complexity index is 576. The molecule has 7 nitrogen and oxygen atoms in total. The Labute approximate surface area is 136 Å². The van der Waals surface area contributed by atoms with Gasteiger partial charge in [-0.15, -0.1) is 0 Å². The molecular formula is C16H23N3O4. The maximum Gasteiger partial charge on any atom is 0.321 e. The van der Waals surface area contributed by atoms with E-state index in [9.17, 15) is 9.59 Å². The van der Waals surface area contributed by atoms with Crippen molar-refractivity contribution in [3.8, 4) is 5.75 Å². The van der Waals surface area contributed by atoms with Crippen molar-refractivity contribution in [1.29, 1.82) is 0 Å². The van der Waals surface area contributed by atoms with E-state index in [0.29, 0.717) is 37.7 Å². The third kappa shape index (κ3) is 3.92. The van der Waals surface area contributed by atoms with Gasteiger partial charge in [0.05, 0.1) is 12.3 Å². The Hall–Kier alpha value is -2.28. The van der Waals surface area contributed by atoms with E-state index in [1.165, 1.54) is 0 Å². The summed E-state index contributed by atoms with van der Waals surface area (Å²) < 4.78 is 10.5. The number of hydrogen-bond donors (Lipinski definition) is 1. The Morgan fingerprint density at radius 1 is 1.43 bits per heavy atom. The Balaban J connectivity index is 2.10. The molecule has 7 heteroatoms. The largest absolute Gasteiger partial charge is 0.481 e. The van der Waals surface area contributed by atoms with Gasteiger partial charge in [-0.2, -0.15) is 0 Å². The summed E-state index contributed by atoms with van der Waals surface area (Å²) in [4.78, 5) is 27.4. The lowest BCUT2D eigenvalue weighted by Crippen LogP contribution is -2.39. The summed E-state index contributed by atoms with van der Waals surface area (Å²) in [5.41, 5.74) is 1.36. The minimum atomic E-state index is -0.191. The van der Waals surface area contributed by atoms with E-state index in [0.717, 1.165) is 5.69 Å². The molecule has 1 N–H and O–H groups in total. The minimum absolute atomic E-state index is 0.0210. The lowest BCUT2D eigenvalue weighted by atomic mass is 10.2. The predicted octanol–water partition coefficient (Wildman–Crippen LogP) is 1.93. The molecule has 0 atom stereocenters. The second-order valence-electron chi connectivity index (χ2n) is 5.11. The summed E-state index contributed by atoms with van der Waals surface area (Å²) in [6.45, 7) is 6.04. The van der Waals surface area contributed by atoms with Gasteiger partial charge < -0.3 is 24.6 Å². The van der Waals surface area contributed by atoms with Crippen LogP contribution in [0.25, 0.3) is 0 Å². The molecule has 0 saturated carbocycles. The quantitative estimate of drug-likeness (QED) is 0.869. The average Bonchev–Trinajstić information content (AvgIpc) is 2.55. The topological polar surface area (TPSA) is 71.1 Å². The molecule has 1 heterocycles. The first-order valence-corrected chi connectivity index (χ1v) is 7.72. The number of amides is 3. The first kappa shape index (κ1) is 17.1. The highest BCUT2D eigenvalue weighted by Crippen LogP contribution is 2.34. The van der Waals surface area contributed by atoms with E-state index in [1.807, 2.05) is 13.8 Å². The Morgan fingerprint density at radius 2 is 2.22 bits per heavy atom. The van der Waals surface area contributed by atoms with Crippen LogP contribution in [0.4, 0.5) is 16.2 Å². The zero-order chi connectivity index (χ0) is 16.8. The molecule has 1 aliphatic heterocycles. The predicted molar refractivity (Wildman–Crippen MR) is 88.1 cm³/mol. The van der Waals surface area contributed by atoms with Gasteiger partial charge >= 0.3 is 6.03 Å². The number of rotatable bonds is 6. The number of fused-ring (bicyclic) bond motifs is 1. The molecule has 0 fully saturated rings.